The van der Waals surface area contributed by atoms with Crippen LogP contribution in [0.4, 0.5) is 0 Å². The standard InChI is InChI=1S/C14H27NO/c1-14(2,3)13-7-5-6-11(13)8-9-12(15)10-16-4/h8-9,11-13H,5-7,10,15H2,1-4H3. The van der Waals surface area contributed by atoms with Crippen molar-refractivity contribution in [1.29, 1.82) is 0 Å². The number of rotatable bonds is 4. The van der Waals surface area contributed by atoms with Crippen LogP contribution in [0, 0.1) is 17.3 Å². The normalized spacial score (nSPS) is 28.8. The minimum atomic E-state index is 0.0474. The Hall–Kier alpha value is -0.340. The van der Waals surface area contributed by atoms with Gasteiger partial charge in [0.25, 0.3) is 0 Å². The summed E-state index contributed by atoms with van der Waals surface area (Å²) in [6.45, 7) is 7.65. The average Bonchev–Trinajstić information content (AvgIpc) is 2.62. The molecule has 0 spiro atoms. The van der Waals surface area contributed by atoms with Crippen molar-refractivity contribution in [2.75, 3.05) is 13.7 Å². The lowest BCUT2D eigenvalue weighted by Crippen LogP contribution is -2.25. The van der Waals surface area contributed by atoms with E-state index in [9.17, 15) is 0 Å². The number of methoxy groups -OCH3 is 1. The second kappa shape index (κ2) is 5.83. The van der Waals surface area contributed by atoms with Gasteiger partial charge >= 0.3 is 0 Å². The van der Waals surface area contributed by atoms with Crippen LogP contribution in [0.3, 0.4) is 0 Å². The minimum absolute atomic E-state index is 0.0474. The molecule has 0 aliphatic heterocycles. The first-order valence-electron chi connectivity index (χ1n) is 6.38. The maximum Gasteiger partial charge on any atom is 0.0649 e. The molecule has 0 amide bonds. The second-order valence-electron chi connectivity index (χ2n) is 6.07. The van der Waals surface area contributed by atoms with E-state index >= 15 is 0 Å². The molecular weight excluding hydrogens is 198 g/mol. The fraction of sp³-hybridized carbons (Fsp3) is 0.857. The summed E-state index contributed by atoms with van der Waals surface area (Å²) in [5.41, 5.74) is 6.32. The van der Waals surface area contributed by atoms with Crippen LogP contribution in [0.2, 0.25) is 0 Å². The highest BCUT2D eigenvalue weighted by atomic mass is 16.5. The fourth-order valence-electron chi connectivity index (χ4n) is 2.83. The van der Waals surface area contributed by atoms with Gasteiger partial charge in [0.2, 0.25) is 0 Å². The molecule has 2 nitrogen and oxygen atoms in total. The van der Waals surface area contributed by atoms with Crippen molar-refractivity contribution in [3.63, 3.8) is 0 Å². The van der Waals surface area contributed by atoms with Gasteiger partial charge < -0.3 is 10.5 Å². The van der Waals surface area contributed by atoms with Gasteiger partial charge in [-0.2, -0.15) is 0 Å². The summed E-state index contributed by atoms with van der Waals surface area (Å²) in [7, 11) is 1.70. The zero-order valence-electron chi connectivity index (χ0n) is 11.2. The van der Waals surface area contributed by atoms with Crippen molar-refractivity contribution in [2.24, 2.45) is 23.0 Å². The predicted octanol–water partition coefficient (Wildman–Crippen LogP) is 2.98. The number of nitrogens with two attached hydrogens (primary N) is 1. The molecule has 0 heterocycles. The van der Waals surface area contributed by atoms with Crippen molar-refractivity contribution in [2.45, 2.75) is 46.1 Å². The molecule has 0 bridgehead atoms. The Balaban J connectivity index is 2.53. The van der Waals surface area contributed by atoms with Gasteiger partial charge in [-0.1, -0.05) is 39.3 Å². The molecular formula is C14H27NO. The van der Waals surface area contributed by atoms with E-state index in [1.807, 2.05) is 0 Å². The van der Waals surface area contributed by atoms with Crippen LogP contribution >= 0.6 is 0 Å². The summed E-state index contributed by atoms with van der Waals surface area (Å²) in [4.78, 5) is 0. The second-order valence-corrected chi connectivity index (χ2v) is 6.07. The predicted molar refractivity (Wildman–Crippen MR) is 69.3 cm³/mol. The van der Waals surface area contributed by atoms with Gasteiger partial charge in [0, 0.05) is 13.2 Å². The van der Waals surface area contributed by atoms with Crippen LogP contribution in [-0.4, -0.2) is 19.8 Å². The minimum Gasteiger partial charge on any atom is -0.383 e. The highest BCUT2D eigenvalue weighted by Gasteiger charge is 2.34. The van der Waals surface area contributed by atoms with Crippen molar-refractivity contribution in [3.8, 4) is 0 Å². The van der Waals surface area contributed by atoms with Crippen LogP contribution < -0.4 is 5.73 Å². The Labute approximate surface area is 100 Å². The molecule has 2 heteroatoms. The number of allylic oxidation sites excluding steroid dienone is 1. The summed E-state index contributed by atoms with van der Waals surface area (Å²) in [6.07, 6.45) is 8.48. The van der Waals surface area contributed by atoms with Crippen molar-refractivity contribution in [1.82, 2.24) is 0 Å². The average molecular weight is 225 g/mol. The van der Waals surface area contributed by atoms with E-state index in [0.29, 0.717) is 17.9 Å². The molecule has 94 valence electrons. The van der Waals surface area contributed by atoms with Crippen LogP contribution in [0.25, 0.3) is 0 Å². The first kappa shape index (κ1) is 13.7. The topological polar surface area (TPSA) is 35.2 Å². The lowest BCUT2D eigenvalue weighted by atomic mass is 9.74. The van der Waals surface area contributed by atoms with Crippen molar-refractivity contribution in [3.05, 3.63) is 12.2 Å². The lowest BCUT2D eigenvalue weighted by molar-refractivity contribution is 0.190. The van der Waals surface area contributed by atoms with Crippen LogP contribution in [0.5, 0.6) is 0 Å². The van der Waals surface area contributed by atoms with Gasteiger partial charge in [0.1, 0.15) is 0 Å². The first-order chi connectivity index (χ1) is 7.45. The van der Waals surface area contributed by atoms with E-state index in [1.165, 1.54) is 19.3 Å². The molecule has 3 unspecified atom stereocenters. The molecule has 1 saturated carbocycles. The third-order valence-corrected chi connectivity index (χ3v) is 3.65. The van der Waals surface area contributed by atoms with E-state index in [4.69, 9.17) is 10.5 Å². The summed E-state index contributed by atoms with van der Waals surface area (Å²) in [5, 5.41) is 0. The third kappa shape index (κ3) is 3.91. The van der Waals surface area contributed by atoms with Crippen LogP contribution in [-0.2, 0) is 4.74 Å². The Morgan fingerprint density at radius 1 is 1.38 bits per heavy atom. The highest BCUT2D eigenvalue weighted by Crippen LogP contribution is 2.43. The molecule has 0 aromatic heterocycles. The van der Waals surface area contributed by atoms with Gasteiger partial charge in [0.05, 0.1) is 6.61 Å². The van der Waals surface area contributed by atoms with Gasteiger partial charge in [-0.3, -0.25) is 0 Å². The molecule has 1 fully saturated rings. The van der Waals surface area contributed by atoms with Crippen LogP contribution in [0.1, 0.15) is 40.0 Å². The molecule has 0 aromatic rings. The molecule has 0 saturated heterocycles. The third-order valence-electron chi connectivity index (χ3n) is 3.65. The van der Waals surface area contributed by atoms with E-state index < -0.39 is 0 Å². The van der Waals surface area contributed by atoms with E-state index in [0.717, 1.165) is 5.92 Å². The van der Waals surface area contributed by atoms with Gasteiger partial charge in [-0.25, -0.2) is 0 Å². The van der Waals surface area contributed by atoms with E-state index in [1.54, 1.807) is 7.11 Å². The maximum absolute atomic E-state index is 5.91. The number of ether oxygens (including phenoxy) is 1. The molecule has 0 aromatic carbocycles. The maximum atomic E-state index is 5.91. The SMILES string of the molecule is COCC(N)C=CC1CCCC1C(C)(C)C. The molecule has 1 rings (SSSR count). The molecule has 1 aliphatic rings. The Bertz CT molecular complexity index is 229. The van der Waals surface area contributed by atoms with Gasteiger partial charge in [-0.15, -0.1) is 0 Å². The highest BCUT2D eigenvalue weighted by molar-refractivity contribution is 5.01. The quantitative estimate of drug-likeness (QED) is 0.747. The Kier molecular flexibility index (Phi) is 5.00. The van der Waals surface area contributed by atoms with Crippen molar-refractivity contribution < 1.29 is 4.74 Å². The number of hydrogen-bond donors (Lipinski definition) is 1. The molecule has 16 heavy (non-hydrogen) atoms. The monoisotopic (exact) mass is 225 g/mol. The molecule has 1 aliphatic carbocycles. The molecule has 2 N–H and O–H groups in total. The smallest absolute Gasteiger partial charge is 0.0649 e. The summed E-state index contributed by atoms with van der Waals surface area (Å²) in [6, 6.07) is 0.0474. The fourth-order valence-corrected chi connectivity index (χ4v) is 2.83. The number of hydrogen-bond acceptors (Lipinski definition) is 2. The first-order valence-corrected chi connectivity index (χ1v) is 6.38. The van der Waals surface area contributed by atoms with E-state index in [2.05, 4.69) is 32.9 Å². The zero-order chi connectivity index (χ0) is 12.2. The van der Waals surface area contributed by atoms with Gasteiger partial charge in [0.15, 0.2) is 0 Å². The van der Waals surface area contributed by atoms with E-state index in [-0.39, 0.29) is 6.04 Å². The van der Waals surface area contributed by atoms with Gasteiger partial charge in [-0.05, 0) is 30.1 Å². The summed E-state index contributed by atoms with van der Waals surface area (Å²) in [5.74, 6) is 1.52. The Morgan fingerprint density at radius 3 is 2.62 bits per heavy atom. The van der Waals surface area contributed by atoms with Crippen molar-refractivity contribution >= 4 is 0 Å². The zero-order valence-corrected chi connectivity index (χ0v) is 11.2. The summed E-state index contributed by atoms with van der Waals surface area (Å²) >= 11 is 0. The van der Waals surface area contributed by atoms with Crippen LogP contribution in [0.15, 0.2) is 12.2 Å². The summed E-state index contributed by atoms with van der Waals surface area (Å²) < 4.78 is 5.04. The largest absolute Gasteiger partial charge is 0.383 e. The Morgan fingerprint density at radius 2 is 2.06 bits per heavy atom. The lowest BCUT2D eigenvalue weighted by Gasteiger charge is -2.31. The molecule has 0 radical (unpaired) electrons. The molecule has 3 atom stereocenters.